The highest BCUT2D eigenvalue weighted by atomic mass is 16.5. The highest BCUT2D eigenvalue weighted by Crippen LogP contribution is 2.14. The van der Waals surface area contributed by atoms with E-state index in [-0.39, 0.29) is 6.04 Å². The van der Waals surface area contributed by atoms with E-state index >= 15 is 0 Å². The standard InChI is InChI=1S/C11H20N4O/c1-4-16-8-7-15(3)9(2)11-13-6-5-10(12)14-11/h5-6,9H,4,7-8H2,1-3H3,(H2,12,13,14). The summed E-state index contributed by atoms with van der Waals surface area (Å²) in [6.07, 6.45) is 1.69. The number of nitrogen functional groups attached to an aromatic ring is 1. The lowest BCUT2D eigenvalue weighted by atomic mass is 10.2. The van der Waals surface area contributed by atoms with Crippen LogP contribution in [0.25, 0.3) is 0 Å². The Bertz CT molecular complexity index is 319. The Kier molecular flexibility index (Phi) is 5.14. The average Bonchev–Trinajstić information content (AvgIpc) is 2.28. The Morgan fingerprint density at radius 2 is 2.31 bits per heavy atom. The molecule has 0 bridgehead atoms. The predicted octanol–water partition coefficient (Wildman–Crippen LogP) is 1.09. The van der Waals surface area contributed by atoms with Crippen LogP contribution in [0.15, 0.2) is 12.3 Å². The largest absolute Gasteiger partial charge is 0.384 e. The first-order valence-electron chi connectivity index (χ1n) is 5.51. The van der Waals surface area contributed by atoms with Gasteiger partial charge in [0.2, 0.25) is 0 Å². The maximum atomic E-state index is 5.62. The lowest BCUT2D eigenvalue weighted by Gasteiger charge is -2.23. The first kappa shape index (κ1) is 12.9. The summed E-state index contributed by atoms with van der Waals surface area (Å²) >= 11 is 0. The molecule has 0 aromatic carbocycles. The van der Waals surface area contributed by atoms with Gasteiger partial charge in [-0.25, -0.2) is 9.97 Å². The molecule has 5 heteroatoms. The van der Waals surface area contributed by atoms with E-state index in [0.717, 1.165) is 25.6 Å². The fraction of sp³-hybridized carbons (Fsp3) is 0.636. The Morgan fingerprint density at radius 3 is 2.94 bits per heavy atom. The summed E-state index contributed by atoms with van der Waals surface area (Å²) in [5.41, 5.74) is 5.62. The van der Waals surface area contributed by atoms with Gasteiger partial charge in [0.05, 0.1) is 12.6 Å². The van der Waals surface area contributed by atoms with Crippen molar-refractivity contribution >= 4 is 5.82 Å². The number of rotatable bonds is 6. The van der Waals surface area contributed by atoms with Crippen LogP contribution < -0.4 is 5.73 Å². The number of aromatic nitrogens is 2. The molecule has 1 aromatic heterocycles. The minimum atomic E-state index is 0.143. The zero-order valence-corrected chi connectivity index (χ0v) is 10.2. The zero-order chi connectivity index (χ0) is 12.0. The quantitative estimate of drug-likeness (QED) is 0.733. The molecule has 0 aliphatic heterocycles. The van der Waals surface area contributed by atoms with Crippen molar-refractivity contribution in [2.75, 3.05) is 32.5 Å². The number of ether oxygens (including phenoxy) is 1. The van der Waals surface area contributed by atoms with Crippen molar-refractivity contribution in [3.05, 3.63) is 18.1 Å². The molecule has 1 aromatic rings. The molecule has 0 saturated carbocycles. The predicted molar refractivity (Wildman–Crippen MR) is 64.0 cm³/mol. The van der Waals surface area contributed by atoms with Gasteiger partial charge in [0.1, 0.15) is 11.6 Å². The van der Waals surface area contributed by atoms with E-state index in [4.69, 9.17) is 10.5 Å². The third-order valence-corrected chi connectivity index (χ3v) is 2.52. The monoisotopic (exact) mass is 224 g/mol. The van der Waals surface area contributed by atoms with Crippen molar-refractivity contribution in [1.29, 1.82) is 0 Å². The second-order valence-electron chi connectivity index (χ2n) is 3.69. The summed E-state index contributed by atoms with van der Waals surface area (Å²) in [6.45, 7) is 6.37. The maximum absolute atomic E-state index is 5.62. The van der Waals surface area contributed by atoms with E-state index in [0.29, 0.717) is 5.82 Å². The molecule has 1 heterocycles. The first-order valence-corrected chi connectivity index (χ1v) is 5.51. The lowest BCUT2D eigenvalue weighted by Crippen LogP contribution is -2.27. The van der Waals surface area contributed by atoms with Crippen LogP contribution in [0.4, 0.5) is 5.82 Å². The molecule has 1 atom stereocenters. The summed E-state index contributed by atoms with van der Waals surface area (Å²) in [5, 5.41) is 0. The van der Waals surface area contributed by atoms with E-state index in [1.165, 1.54) is 0 Å². The van der Waals surface area contributed by atoms with E-state index in [9.17, 15) is 0 Å². The molecule has 0 radical (unpaired) electrons. The molecule has 0 spiro atoms. The number of nitrogens with two attached hydrogens (primary N) is 1. The summed E-state index contributed by atoms with van der Waals surface area (Å²) in [4.78, 5) is 10.6. The normalized spacial score (nSPS) is 13.0. The van der Waals surface area contributed by atoms with E-state index in [1.807, 2.05) is 14.0 Å². The fourth-order valence-electron chi connectivity index (χ4n) is 1.33. The molecule has 0 saturated heterocycles. The number of hydrogen-bond donors (Lipinski definition) is 1. The molecule has 16 heavy (non-hydrogen) atoms. The van der Waals surface area contributed by atoms with Gasteiger partial charge in [-0.15, -0.1) is 0 Å². The Morgan fingerprint density at radius 1 is 1.56 bits per heavy atom. The van der Waals surface area contributed by atoms with Crippen molar-refractivity contribution in [3.8, 4) is 0 Å². The fourth-order valence-corrected chi connectivity index (χ4v) is 1.33. The van der Waals surface area contributed by atoms with Crippen LogP contribution in [0.1, 0.15) is 25.7 Å². The molecule has 0 amide bonds. The highest BCUT2D eigenvalue weighted by molar-refractivity contribution is 5.25. The molecule has 0 fully saturated rings. The SMILES string of the molecule is CCOCCN(C)C(C)c1nccc(N)n1. The van der Waals surface area contributed by atoms with Crippen LogP contribution in [0.5, 0.6) is 0 Å². The molecule has 2 N–H and O–H groups in total. The van der Waals surface area contributed by atoms with E-state index in [2.05, 4.69) is 21.8 Å². The third kappa shape index (κ3) is 3.75. The summed E-state index contributed by atoms with van der Waals surface area (Å²) in [5.74, 6) is 1.26. The molecule has 90 valence electrons. The smallest absolute Gasteiger partial charge is 0.147 e. The van der Waals surface area contributed by atoms with E-state index in [1.54, 1.807) is 12.3 Å². The molecular weight excluding hydrogens is 204 g/mol. The van der Waals surface area contributed by atoms with Gasteiger partial charge >= 0.3 is 0 Å². The average molecular weight is 224 g/mol. The Hall–Kier alpha value is -1.20. The number of likely N-dealkylation sites (N-methyl/N-ethyl adjacent to an activating group) is 1. The van der Waals surface area contributed by atoms with Crippen LogP contribution in [0.3, 0.4) is 0 Å². The summed E-state index contributed by atoms with van der Waals surface area (Å²) < 4.78 is 5.31. The summed E-state index contributed by atoms with van der Waals surface area (Å²) in [6, 6.07) is 1.83. The molecule has 5 nitrogen and oxygen atoms in total. The topological polar surface area (TPSA) is 64.3 Å². The van der Waals surface area contributed by atoms with Crippen LogP contribution >= 0.6 is 0 Å². The maximum Gasteiger partial charge on any atom is 0.147 e. The van der Waals surface area contributed by atoms with E-state index < -0.39 is 0 Å². The van der Waals surface area contributed by atoms with Gasteiger partial charge in [0, 0.05) is 19.3 Å². The Labute approximate surface area is 96.6 Å². The van der Waals surface area contributed by atoms with Crippen LogP contribution in [0.2, 0.25) is 0 Å². The van der Waals surface area contributed by atoms with Gasteiger partial charge < -0.3 is 10.5 Å². The Balaban J connectivity index is 2.52. The lowest BCUT2D eigenvalue weighted by molar-refractivity contribution is 0.109. The highest BCUT2D eigenvalue weighted by Gasteiger charge is 2.13. The minimum Gasteiger partial charge on any atom is -0.384 e. The zero-order valence-electron chi connectivity index (χ0n) is 10.2. The molecule has 1 rings (SSSR count). The van der Waals surface area contributed by atoms with Gasteiger partial charge in [-0.1, -0.05) is 0 Å². The minimum absolute atomic E-state index is 0.143. The molecule has 1 unspecified atom stereocenters. The number of nitrogens with zero attached hydrogens (tertiary/aromatic N) is 3. The van der Waals surface area contributed by atoms with Gasteiger partial charge in [0.15, 0.2) is 0 Å². The molecule has 0 aliphatic rings. The van der Waals surface area contributed by atoms with Crippen molar-refractivity contribution in [3.63, 3.8) is 0 Å². The first-order chi connectivity index (χ1) is 7.65. The second kappa shape index (κ2) is 6.40. The summed E-state index contributed by atoms with van der Waals surface area (Å²) in [7, 11) is 2.02. The second-order valence-corrected chi connectivity index (χ2v) is 3.69. The number of anilines is 1. The van der Waals surface area contributed by atoms with Crippen molar-refractivity contribution in [2.45, 2.75) is 19.9 Å². The van der Waals surface area contributed by atoms with Crippen LogP contribution in [-0.2, 0) is 4.74 Å². The van der Waals surface area contributed by atoms with Crippen molar-refractivity contribution in [2.24, 2.45) is 0 Å². The van der Waals surface area contributed by atoms with Crippen LogP contribution in [-0.4, -0.2) is 41.7 Å². The van der Waals surface area contributed by atoms with Gasteiger partial charge in [-0.3, -0.25) is 4.90 Å². The van der Waals surface area contributed by atoms with Crippen LogP contribution in [0, 0.1) is 0 Å². The molecule has 0 aliphatic carbocycles. The van der Waals surface area contributed by atoms with Gasteiger partial charge in [0.25, 0.3) is 0 Å². The van der Waals surface area contributed by atoms with Crippen molar-refractivity contribution in [1.82, 2.24) is 14.9 Å². The van der Waals surface area contributed by atoms with Crippen molar-refractivity contribution < 1.29 is 4.74 Å². The van der Waals surface area contributed by atoms with Gasteiger partial charge in [-0.2, -0.15) is 0 Å². The number of hydrogen-bond acceptors (Lipinski definition) is 5. The van der Waals surface area contributed by atoms with Gasteiger partial charge in [-0.05, 0) is 27.0 Å². The third-order valence-electron chi connectivity index (χ3n) is 2.52. The molecular formula is C11H20N4O.